The van der Waals surface area contributed by atoms with Crippen LogP contribution in [0, 0.1) is 0 Å². The number of amides is 2. The number of anilines is 1. The van der Waals surface area contributed by atoms with E-state index in [9.17, 15) is 9.59 Å². The predicted molar refractivity (Wildman–Crippen MR) is 82.5 cm³/mol. The minimum Gasteiger partial charge on any atom is -0.347 e. The summed E-state index contributed by atoms with van der Waals surface area (Å²) in [6.45, 7) is 7.36. The molecule has 0 aliphatic heterocycles. The Kier molecular flexibility index (Phi) is 4.18. The predicted octanol–water partition coefficient (Wildman–Crippen LogP) is 3.11. The van der Waals surface area contributed by atoms with Crippen LogP contribution in [0.5, 0.6) is 0 Å². The third kappa shape index (κ3) is 3.39. The molecule has 5 heteroatoms. The molecule has 0 unspecified atom stereocenters. The lowest BCUT2D eigenvalue weighted by Gasteiger charge is -2.22. The van der Waals surface area contributed by atoms with Gasteiger partial charge in [0.2, 0.25) is 5.91 Å². The van der Waals surface area contributed by atoms with E-state index in [0.717, 1.165) is 31.2 Å². The van der Waals surface area contributed by atoms with Crippen LogP contribution in [0.1, 0.15) is 61.3 Å². The van der Waals surface area contributed by atoms with E-state index in [1.165, 1.54) is 11.8 Å². The maximum Gasteiger partial charge on any atom is 0.254 e. The number of hydrogen-bond acceptors (Lipinski definition) is 3. The topological polar surface area (TPSA) is 58.2 Å². The molecular formula is C15H22N2O2S. The Hall–Kier alpha value is -1.36. The molecule has 1 aliphatic rings. The van der Waals surface area contributed by atoms with E-state index in [4.69, 9.17) is 0 Å². The van der Waals surface area contributed by atoms with Gasteiger partial charge in [0.15, 0.2) is 0 Å². The zero-order chi connectivity index (χ0) is 14.9. The number of aryl methyl sites for hydroxylation is 1. The molecular weight excluding hydrogens is 272 g/mol. The number of thiophene rings is 1. The van der Waals surface area contributed by atoms with Gasteiger partial charge in [-0.25, -0.2) is 0 Å². The Bertz CT molecular complexity index is 541. The number of hydrogen-bond donors (Lipinski definition) is 2. The maximum atomic E-state index is 12.5. The lowest BCUT2D eigenvalue weighted by atomic mass is 9.94. The molecule has 4 nitrogen and oxygen atoms in total. The summed E-state index contributed by atoms with van der Waals surface area (Å²) in [6, 6.07) is 0. The van der Waals surface area contributed by atoms with Crippen molar-refractivity contribution in [2.24, 2.45) is 0 Å². The zero-order valence-corrected chi connectivity index (χ0v) is 13.4. The van der Waals surface area contributed by atoms with E-state index in [2.05, 4.69) is 10.6 Å². The van der Waals surface area contributed by atoms with Gasteiger partial charge in [0.1, 0.15) is 5.00 Å². The second-order valence-corrected chi connectivity index (χ2v) is 7.41. The van der Waals surface area contributed by atoms with Crippen LogP contribution in [0.4, 0.5) is 5.00 Å². The Labute approximate surface area is 124 Å². The smallest absolute Gasteiger partial charge is 0.254 e. The summed E-state index contributed by atoms with van der Waals surface area (Å²) in [4.78, 5) is 25.1. The monoisotopic (exact) mass is 294 g/mol. The molecule has 0 atom stereocenters. The lowest BCUT2D eigenvalue weighted by Crippen LogP contribution is -2.41. The third-order valence-corrected chi connectivity index (χ3v) is 4.38. The van der Waals surface area contributed by atoms with E-state index in [-0.39, 0.29) is 17.4 Å². The van der Waals surface area contributed by atoms with Crippen LogP contribution in [0.15, 0.2) is 0 Å². The van der Waals surface area contributed by atoms with Gasteiger partial charge in [0.05, 0.1) is 5.56 Å². The van der Waals surface area contributed by atoms with Gasteiger partial charge in [-0.05, 0) is 52.0 Å². The molecule has 110 valence electrons. The number of nitrogens with one attached hydrogen (secondary N) is 2. The lowest BCUT2D eigenvalue weighted by molar-refractivity contribution is -0.114. The fourth-order valence-corrected chi connectivity index (χ4v) is 3.79. The molecule has 0 spiro atoms. The fraction of sp³-hybridized carbons (Fsp3) is 0.600. The molecule has 2 rings (SSSR count). The summed E-state index contributed by atoms with van der Waals surface area (Å²) < 4.78 is 0. The molecule has 2 N–H and O–H groups in total. The first kappa shape index (κ1) is 15.0. The highest BCUT2D eigenvalue weighted by Crippen LogP contribution is 2.38. The van der Waals surface area contributed by atoms with E-state index in [0.29, 0.717) is 10.6 Å². The fourth-order valence-electron chi connectivity index (χ4n) is 2.46. The molecule has 2 amide bonds. The van der Waals surface area contributed by atoms with Gasteiger partial charge >= 0.3 is 0 Å². The van der Waals surface area contributed by atoms with Crippen molar-refractivity contribution in [3.8, 4) is 0 Å². The molecule has 1 heterocycles. The summed E-state index contributed by atoms with van der Waals surface area (Å²) in [7, 11) is 0. The molecule has 0 aromatic carbocycles. The van der Waals surface area contributed by atoms with Gasteiger partial charge in [0.25, 0.3) is 5.91 Å². The summed E-state index contributed by atoms with van der Waals surface area (Å²) in [5.74, 6) is -0.214. The Balaban J connectivity index is 2.40. The SMILES string of the molecule is CC(=O)Nc1sc2c(c1C(=O)NC(C)(C)C)CCCC2. The Morgan fingerprint density at radius 1 is 1.15 bits per heavy atom. The van der Waals surface area contributed by atoms with E-state index in [1.54, 1.807) is 11.3 Å². The highest BCUT2D eigenvalue weighted by atomic mass is 32.1. The van der Waals surface area contributed by atoms with Gasteiger partial charge in [-0.15, -0.1) is 11.3 Å². The standard InChI is InChI=1S/C15H22N2O2S/c1-9(18)16-14-12(13(19)17-15(2,3)4)10-7-5-6-8-11(10)20-14/h5-8H2,1-4H3,(H,16,18)(H,17,19). The van der Waals surface area contributed by atoms with Gasteiger partial charge in [-0.1, -0.05) is 0 Å². The number of fused-ring (bicyclic) bond motifs is 1. The molecule has 0 saturated carbocycles. The number of rotatable bonds is 2. The van der Waals surface area contributed by atoms with Crippen molar-refractivity contribution in [2.75, 3.05) is 5.32 Å². The molecule has 1 aromatic rings. The first-order valence-corrected chi connectivity index (χ1v) is 7.84. The van der Waals surface area contributed by atoms with Gasteiger partial charge < -0.3 is 10.6 Å². The van der Waals surface area contributed by atoms with Crippen molar-refractivity contribution < 1.29 is 9.59 Å². The minimum atomic E-state index is -0.284. The van der Waals surface area contributed by atoms with Crippen LogP contribution in [0.2, 0.25) is 0 Å². The van der Waals surface area contributed by atoms with Crippen LogP contribution in [0.25, 0.3) is 0 Å². The summed E-state index contributed by atoms with van der Waals surface area (Å²) >= 11 is 1.55. The molecule has 0 fully saturated rings. The van der Waals surface area contributed by atoms with E-state index < -0.39 is 0 Å². The molecule has 20 heavy (non-hydrogen) atoms. The number of carbonyl (C=O) groups is 2. The Morgan fingerprint density at radius 2 is 1.80 bits per heavy atom. The van der Waals surface area contributed by atoms with Crippen molar-refractivity contribution in [1.82, 2.24) is 5.32 Å². The average Bonchev–Trinajstić information content (AvgIpc) is 2.63. The normalized spacial score (nSPS) is 14.6. The van der Waals surface area contributed by atoms with Crippen LogP contribution >= 0.6 is 11.3 Å². The first-order valence-electron chi connectivity index (χ1n) is 7.02. The van der Waals surface area contributed by atoms with E-state index in [1.807, 2.05) is 20.8 Å². The zero-order valence-electron chi connectivity index (χ0n) is 12.6. The van der Waals surface area contributed by atoms with Crippen LogP contribution in [-0.4, -0.2) is 17.4 Å². The largest absolute Gasteiger partial charge is 0.347 e. The summed E-state index contributed by atoms with van der Waals surface area (Å²) in [6.07, 6.45) is 4.21. The molecule has 0 radical (unpaired) electrons. The summed E-state index contributed by atoms with van der Waals surface area (Å²) in [5.41, 5.74) is 1.52. The quantitative estimate of drug-likeness (QED) is 0.880. The van der Waals surface area contributed by atoms with Crippen molar-refractivity contribution in [3.05, 3.63) is 16.0 Å². The molecule has 0 saturated heterocycles. The summed E-state index contributed by atoms with van der Waals surface area (Å²) in [5, 5.41) is 6.52. The average molecular weight is 294 g/mol. The van der Waals surface area contributed by atoms with Crippen molar-refractivity contribution in [1.29, 1.82) is 0 Å². The Morgan fingerprint density at radius 3 is 2.40 bits per heavy atom. The highest BCUT2D eigenvalue weighted by Gasteiger charge is 2.27. The third-order valence-electron chi connectivity index (χ3n) is 3.18. The maximum absolute atomic E-state index is 12.5. The van der Waals surface area contributed by atoms with Gasteiger partial charge in [-0.2, -0.15) is 0 Å². The van der Waals surface area contributed by atoms with Crippen LogP contribution in [0.3, 0.4) is 0 Å². The second kappa shape index (κ2) is 5.56. The van der Waals surface area contributed by atoms with Crippen LogP contribution < -0.4 is 10.6 Å². The van der Waals surface area contributed by atoms with Crippen molar-refractivity contribution in [3.63, 3.8) is 0 Å². The second-order valence-electron chi connectivity index (χ2n) is 6.30. The minimum absolute atomic E-state index is 0.0827. The van der Waals surface area contributed by atoms with Gasteiger partial charge in [-0.3, -0.25) is 9.59 Å². The number of carbonyl (C=O) groups excluding carboxylic acids is 2. The molecule has 0 bridgehead atoms. The molecule has 1 aliphatic carbocycles. The first-order chi connectivity index (χ1) is 9.28. The van der Waals surface area contributed by atoms with Crippen LogP contribution in [-0.2, 0) is 17.6 Å². The van der Waals surface area contributed by atoms with Crippen molar-refractivity contribution >= 4 is 28.2 Å². The molecule has 1 aromatic heterocycles. The van der Waals surface area contributed by atoms with Gasteiger partial charge in [0, 0.05) is 17.3 Å². The highest BCUT2D eigenvalue weighted by molar-refractivity contribution is 7.17. The van der Waals surface area contributed by atoms with E-state index >= 15 is 0 Å². The van der Waals surface area contributed by atoms with Crippen molar-refractivity contribution in [2.45, 2.75) is 58.9 Å².